The smallest absolute Gasteiger partial charge is 0.224 e. The van der Waals surface area contributed by atoms with Crippen LogP contribution in [0, 0.1) is 11.8 Å². The van der Waals surface area contributed by atoms with Gasteiger partial charge in [0.15, 0.2) is 0 Å². The molecular weight excluding hydrogens is 283 g/mol. The molecular formula is C14H16Cl2N2O. The third kappa shape index (κ3) is 1.90. The van der Waals surface area contributed by atoms with E-state index in [1.807, 2.05) is 6.92 Å². The van der Waals surface area contributed by atoms with Crippen LogP contribution in [0.3, 0.4) is 0 Å². The van der Waals surface area contributed by atoms with Crippen LogP contribution in [-0.2, 0) is 16.6 Å². The summed E-state index contributed by atoms with van der Waals surface area (Å²) in [6.07, 6.45) is 3.26. The molecule has 1 saturated carbocycles. The molecule has 0 aliphatic heterocycles. The van der Waals surface area contributed by atoms with Crippen molar-refractivity contribution in [2.24, 2.45) is 11.8 Å². The molecule has 1 aromatic rings. The fraction of sp³-hybridized carbons (Fsp3) is 0.643. The first-order chi connectivity index (χ1) is 8.93. The van der Waals surface area contributed by atoms with Gasteiger partial charge in [-0.2, -0.15) is 0 Å². The summed E-state index contributed by atoms with van der Waals surface area (Å²) in [4.78, 5) is 20.4. The predicted molar refractivity (Wildman–Crippen MR) is 74.6 cm³/mol. The van der Waals surface area contributed by atoms with Gasteiger partial charge in [-0.15, -0.1) is 0 Å². The molecule has 0 spiro atoms. The van der Waals surface area contributed by atoms with Gasteiger partial charge in [-0.1, -0.05) is 25.4 Å². The first-order valence-corrected chi connectivity index (χ1v) is 7.44. The molecule has 0 bridgehead atoms. The van der Waals surface area contributed by atoms with Crippen LogP contribution < -0.4 is 0 Å². The van der Waals surface area contributed by atoms with E-state index in [1.165, 1.54) is 0 Å². The fourth-order valence-electron chi connectivity index (χ4n) is 3.86. The van der Waals surface area contributed by atoms with Gasteiger partial charge in [0.05, 0.1) is 5.69 Å². The second-order valence-corrected chi connectivity index (χ2v) is 6.62. The van der Waals surface area contributed by atoms with Gasteiger partial charge in [-0.3, -0.25) is 4.79 Å². The molecule has 2 aliphatic carbocycles. The number of nitrogens with zero attached hydrogens (tertiary/aromatic N) is 2. The number of Topliss-reactive ketones (excluding diaryl/α,β-unsaturated/α-hetero) is 1. The van der Waals surface area contributed by atoms with Crippen molar-refractivity contribution in [2.75, 3.05) is 0 Å². The summed E-state index contributed by atoms with van der Waals surface area (Å²) in [5, 5.41) is 0.675. The van der Waals surface area contributed by atoms with Gasteiger partial charge in [-0.25, -0.2) is 9.97 Å². The third-order valence-corrected chi connectivity index (χ3v) is 5.48. The highest BCUT2D eigenvalue weighted by Crippen LogP contribution is 2.51. The molecule has 0 unspecified atom stereocenters. The number of ketones is 1. The average Bonchev–Trinajstić information content (AvgIpc) is 2.35. The molecule has 1 aromatic heterocycles. The number of carbonyl (C=O) groups excluding carboxylic acids is 1. The Labute approximate surface area is 122 Å². The molecule has 3 rings (SSSR count). The zero-order chi connectivity index (χ0) is 13.8. The summed E-state index contributed by atoms with van der Waals surface area (Å²) >= 11 is 12.2. The molecule has 1 fully saturated rings. The van der Waals surface area contributed by atoms with Crippen LogP contribution in [0.25, 0.3) is 0 Å². The Kier molecular flexibility index (Phi) is 3.10. The number of rotatable bonds is 0. The van der Waals surface area contributed by atoms with E-state index in [4.69, 9.17) is 23.2 Å². The number of hydrogen-bond donors (Lipinski definition) is 0. The van der Waals surface area contributed by atoms with E-state index in [0.29, 0.717) is 23.3 Å². The van der Waals surface area contributed by atoms with Crippen LogP contribution in [-0.4, -0.2) is 15.8 Å². The SMILES string of the molecule is C[C@@H]1C(=O)CC[C@]2(C)c3nc(Cl)nc(Cl)c3CC[C@@H]12. The van der Waals surface area contributed by atoms with Gasteiger partial charge in [0.2, 0.25) is 5.28 Å². The molecule has 3 atom stereocenters. The maximum absolute atomic E-state index is 12.0. The zero-order valence-corrected chi connectivity index (χ0v) is 12.6. The Morgan fingerprint density at radius 3 is 2.74 bits per heavy atom. The lowest BCUT2D eigenvalue weighted by molar-refractivity contribution is -0.128. The van der Waals surface area contributed by atoms with Crippen LogP contribution in [0.2, 0.25) is 10.4 Å². The molecule has 102 valence electrons. The lowest BCUT2D eigenvalue weighted by atomic mass is 9.56. The van der Waals surface area contributed by atoms with E-state index in [1.54, 1.807) is 0 Å². The minimum absolute atomic E-state index is 0.0967. The van der Waals surface area contributed by atoms with Crippen LogP contribution in [0.1, 0.15) is 44.4 Å². The highest BCUT2D eigenvalue weighted by atomic mass is 35.5. The average molecular weight is 299 g/mol. The molecule has 0 radical (unpaired) electrons. The van der Waals surface area contributed by atoms with Crippen LogP contribution in [0.4, 0.5) is 0 Å². The largest absolute Gasteiger partial charge is 0.299 e. The molecule has 5 heteroatoms. The van der Waals surface area contributed by atoms with Gasteiger partial charge in [0.1, 0.15) is 10.9 Å². The van der Waals surface area contributed by atoms with E-state index in [-0.39, 0.29) is 16.6 Å². The monoisotopic (exact) mass is 298 g/mol. The van der Waals surface area contributed by atoms with Gasteiger partial charge in [0, 0.05) is 23.3 Å². The molecule has 1 heterocycles. The van der Waals surface area contributed by atoms with Gasteiger partial charge in [0.25, 0.3) is 0 Å². The standard InChI is InChI=1S/C14H16Cl2N2O/c1-7-9-4-3-8-11(17-13(16)18-12(8)15)14(9,2)6-5-10(7)19/h7,9H,3-6H2,1-2H3/t7-,9-,14-/m0/s1. The van der Waals surface area contributed by atoms with E-state index in [2.05, 4.69) is 16.9 Å². The van der Waals surface area contributed by atoms with Gasteiger partial charge < -0.3 is 0 Å². The molecule has 0 aromatic carbocycles. The molecule has 0 N–H and O–H groups in total. The number of halogens is 2. The Balaban J connectivity index is 2.15. The van der Waals surface area contributed by atoms with E-state index >= 15 is 0 Å². The zero-order valence-electron chi connectivity index (χ0n) is 11.0. The molecule has 3 nitrogen and oxygen atoms in total. The van der Waals surface area contributed by atoms with Crippen molar-refractivity contribution >= 4 is 29.0 Å². The first-order valence-electron chi connectivity index (χ1n) is 6.68. The molecule has 2 aliphatic rings. The van der Waals surface area contributed by atoms with Crippen LogP contribution >= 0.6 is 23.2 Å². The van der Waals surface area contributed by atoms with Crippen molar-refractivity contribution in [1.82, 2.24) is 9.97 Å². The third-order valence-electron chi connectivity index (χ3n) is 5.00. The lowest BCUT2D eigenvalue weighted by Gasteiger charge is -2.47. The number of aromatic nitrogens is 2. The maximum Gasteiger partial charge on any atom is 0.224 e. The fourth-order valence-corrected chi connectivity index (χ4v) is 4.34. The van der Waals surface area contributed by atoms with Gasteiger partial charge in [-0.05, 0) is 36.8 Å². The van der Waals surface area contributed by atoms with E-state index in [9.17, 15) is 4.79 Å². The summed E-state index contributed by atoms with van der Waals surface area (Å²) in [5.74, 6) is 0.805. The second-order valence-electron chi connectivity index (χ2n) is 5.93. The Morgan fingerprint density at radius 2 is 2.00 bits per heavy atom. The van der Waals surface area contributed by atoms with Gasteiger partial charge >= 0.3 is 0 Å². The number of fused-ring (bicyclic) bond motifs is 3. The Morgan fingerprint density at radius 1 is 1.26 bits per heavy atom. The van der Waals surface area contributed by atoms with Crippen molar-refractivity contribution < 1.29 is 4.79 Å². The summed E-state index contributed by atoms with van der Waals surface area (Å²) in [6, 6.07) is 0. The van der Waals surface area contributed by atoms with Crippen molar-refractivity contribution in [3.05, 3.63) is 21.7 Å². The minimum atomic E-state index is -0.100. The first kappa shape index (κ1) is 13.3. The Hall–Kier alpha value is -0.670. The molecule has 0 saturated heterocycles. The summed E-state index contributed by atoms with van der Waals surface area (Å²) in [7, 11) is 0. The highest BCUT2D eigenvalue weighted by Gasteiger charge is 2.49. The molecule has 0 amide bonds. The van der Waals surface area contributed by atoms with Crippen molar-refractivity contribution in [3.8, 4) is 0 Å². The maximum atomic E-state index is 12.0. The number of hydrogen-bond acceptors (Lipinski definition) is 3. The van der Waals surface area contributed by atoms with E-state index < -0.39 is 0 Å². The second kappa shape index (κ2) is 4.42. The normalized spacial score (nSPS) is 33.8. The number of carbonyl (C=O) groups is 1. The lowest BCUT2D eigenvalue weighted by Crippen LogP contribution is -2.47. The van der Waals surface area contributed by atoms with Crippen molar-refractivity contribution in [3.63, 3.8) is 0 Å². The summed E-state index contributed by atoms with van der Waals surface area (Å²) in [5.41, 5.74) is 1.89. The predicted octanol–water partition coefficient (Wildman–Crippen LogP) is 3.60. The molecule has 19 heavy (non-hydrogen) atoms. The van der Waals surface area contributed by atoms with Crippen molar-refractivity contribution in [1.29, 1.82) is 0 Å². The quantitative estimate of drug-likeness (QED) is 0.543. The highest BCUT2D eigenvalue weighted by molar-refractivity contribution is 6.32. The van der Waals surface area contributed by atoms with Crippen molar-refractivity contribution in [2.45, 2.75) is 44.9 Å². The minimum Gasteiger partial charge on any atom is -0.299 e. The van der Waals surface area contributed by atoms with E-state index in [0.717, 1.165) is 30.5 Å². The topological polar surface area (TPSA) is 42.9 Å². The van der Waals surface area contributed by atoms with Crippen LogP contribution in [0.15, 0.2) is 0 Å². The van der Waals surface area contributed by atoms with Crippen LogP contribution in [0.5, 0.6) is 0 Å². The summed E-state index contributed by atoms with van der Waals surface area (Å²) < 4.78 is 0. The Bertz CT molecular complexity index is 561. The summed E-state index contributed by atoms with van der Waals surface area (Å²) in [6.45, 7) is 4.23.